The zero-order chi connectivity index (χ0) is 6.10. The topological polar surface area (TPSA) is 21.3 Å². The third-order valence-corrected chi connectivity index (χ3v) is 3.15. The number of hydrogen-bond acceptors (Lipinski definition) is 3. The van der Waals surface area contributed by atoms with Crippen LogP contribution in [0.5, 0.6) is 0 Å². The van der Waals surface area contributed by atoms with Crippen LogP contribution in [0.3, 0.4) is 0 Å². The van der Waals surface area contributed by atoms with Crippen LogP contribution in [0, 0.1) is 0 Å². The van der Waals surface area contributed by atoms with Crippen LogP contribution in [0.1, 0.15) is 0 Å². The maximum atomic E-state index is 5.52. The summed E-state index contributed by atoms with van der Waals surface area (Å²) in [5, 5.41) is 4.07. The molecular formula is C6H11NOS. The maximum absolute atomic E-state index is 5.52. The van der Waals surface area contributed by atoms with Gasteiger partial charge in [0, 0.05) is 24.1 Å². The average molecular weight is 145 g/mol. The smallest absolute Gasteiger partial charge is 0.0830 e. The molecule has 9 heavy (non-hydrogen) atoms. The number of rotatable bonds is 0. The van der Waals surface area contributed by atoms with Crippen LogP contribution < -0.4 is 5.32 Å². The van der Waals surface area contributed by atoms with Gasteiger partial charge in [-0.2, -0.15) is 11.8 Å². The Morgan fingerprint density at radius 3 is 3.33 bits per heavy atom. The Kier molecular flexibility index (Phi) is 1.66. The van der Waals surface area contributed by atoms with Crippen molar-refractivity contribution in [3.05, 3.63) is 0 Å². The summed E-state index contributed by atoms with van der Waals surface area (Å²) in [4.78, 5) is 0. The van der Waals surface area contributed by atoms with Gasteiger partial charge in [-0.25, -0.2) is 0 Å². The zero-order valence-corrected chi connectivity index (χ0v) is 6.12. The zero-order valence-electron chi connectivity index (χ0n) is 5.30. The van der Waals surface area contributed by atoms with Gasteiger partial charge in [-0.3, -0.25) is 0 Å². The molecule has 2 atom stereocenters. The molecule has 0 aromatic rings. The first kappa shape index (κ1) is 6.01. The van der Waals surface area contributed by atoms with E-state index in [1.165, 1.54) is 5.75 Å². The van der Waals surface area contributed by atoms with Gasteiger partial charge in [0.15, 0.2) is 0 Å². The summed E-state index contributed by atoms with van der Waals surface area (Å²) in [7, 11) is 0. The standard InChI is InChI=1S/C6H11NOS/c1-2-9-6-4-7-3-5(6)8-1/h5-7H,1-4H2. The summed E-state index contributed by atoms with van der Waals surface area (Å²) in [5.41, 5.74) is 0. The molecule has 0 aromatic heterocycles. The van der Waals surface area contributed by atoms with Crippen molar-refractivity contribution in [2.45, 2.75) is 11.4 Å². The average Bonchev–Trinajstić information content (AvgIpc) is 2.33. The lowest BCUT2D eigenvalue weighted by Gasteiger charge is -2.23. The van der Waals surface area contributed by atoms with Crippen molar-refractivity contribution in [1.29, 1.82) is 0 Å². The van der Waals surface area contributed by atoms with E-state index in [0.29, 0.717) is 6.10 Å². The number of thioether (sulfide) groups is 1. The summed E-state index contributed by atoms with van der Waals surface area (Å²) in [6.07, 6.45) is 0.517. The van der Waals surface area contributed by atoms with Gasteiger partial charge in [0.1, 0.15) is 0 Å². The van der Waals surface area contributed by atoms with Gasteiger partial charge in [0.2, 0.25) is 0 Å². The summed E-state index contributed by atoms with van der Waals surface area (Å²) >= 11 is 2.05. The monoisotopic (exact) mass is 145 g/mol. The largest absolute Gasteiger partial charge is 0.375 e. The second-order valence-corrected chi connectivity index (χ2v) is 3.82. The third-order valence-electron chi connectivity index (χ3n) is 1.85. The van der Waals surface area contributed by atoms with E-state index in [9.17, 15) is 0 Å². The lowest BCUT2D eigenvalue weighted by Crippen LogP contribution is -2.30. The van der Waals surface area contributed by atoms with E-state index in [1.54, 1.807) is 0 Å². The summed E-state index contributed by atoms with van der Waals surface area (Å²) in [6.45, 7) is 3.17. The van der Waals surface area contributed by atoms with Crippen molar-refractivity contribution in [2.75, 3.05) is 25.4 Å². The Labute approximate surface area is 59.3 Å². The first-order valence-electron chi connectivity index (χ1n) is 3.41. The molecule has 2 fully saturated rings. The number of ether oxygens (including phenoxy) is 1. The maximum Gasteiger partial charge on any atom is 0.0830 e. The minimum Gasteiger partial charge on any atom is -0.375 e. The van der Waals surface area contributed by atoms with Crippen LogP contribution in [-0.4, -0.2) is 36.8 Å². The molecule has 0 aliphatic carbocycles. The van der Waals surface area contributed by atoms with E-state index >= 15 is 0 Å². The predicted molar refractivity (Wildman–Crippen MR) is 38.9 cm³/mol. The molecule has 1 N–H and O–H groups in total. The molecule has 0 spiro atoms. The molecule has 3 heteroatoms. The van der Waals surface area contributed by atoms with Crippen molar-refractivity contribution in [3.8, 4) is 0 Å². The van der Waals surface area contributed by atoms with Gasteiger partial charge in [-0.05, 0) is 0 Å². The highest BCUT2D eigenvalue weighted by Gasteiger charge is 2.30. The van der Waals surface area contributed by atoms with Gasteiger partial charge < -0.3 is 10.1 Å². The van der Waals surface area contributed by atoms with E-state index in [0.717, 1.165) is 24.9 Å². The third kappa shape index (κ3) is 1.09. The molecule has 2 rings (SSSR count). The van der Waals surface area contributed by atoms with Crippen LogP contribution in [0.4, 0.5) is 0 Å². The second kappa shape index (κ2) is 2.48. The van der Waals surface area contributed by atoms with E-state index < -0.39 is 0 Å². The molecular weight excluding hydrogens is 134 g/mol. The quantitative estimate of drug-likeness (QED) is 0.522. The Hall–Kier alpha value is 0.270. The highest BCUT2D eigenvalue weighted by molar-refractivity contribution is 8.00. The number of hydrogen-bond donors (Lipinski definition) is 1. The predicted octanol–water partition coefficient (Wildman–Crippen LogP) is 0.0902. The summed E-state index contributed by atoms with van der Waals surface area (Å²) < 4.78 is 5.52. The highest BCUT2D eigenvalue weighted by Crippen LogP contribution is 2.24. The fraction of sp³-hybridized carbons (Fsp3) is 1.00. The highest BCUT2D eigenvalue weighted by atomic mass is 32.2. The molecule has 0 bridgehead atoms. The van der Waals surface area contributed by atoms with Crippen LogP contribution in [0.15, 0.2) is 0 Å². The minimum absolute atomic E-state index is 0.517. The first-order valence-corrected chi connectivity index (χ1v) is 4.45. The summed E-state index contributed by atoms with van der Waals surface area (Å²) in [6, 6.07) is 0. The van der Waals surface area contributed by atoms with Crippen molar-refractivity contribution >= 4 is 11.8 Å². The van der Waals surface area contributed by atoms with Crippen molar-refractivity contribution < 1.29 is 4.74 Å². The molecule has 2 aliphatic heterocycles. The van der Waals surface area contributed by atoms with Gasteiger partial charge in [0.25, 0.3) is 0 Å². The molecule has 0 saturated carbocycles. The van der Waals surface area contributed by atoms with Crippen molar-refractivity contribution in [3.63, 3.8) is 0 Å². The molecule has 0 amide bonds. The SMILES string of the molecule is C1CSC2CNCC2O1. The molecule has 2 saturated heterocycles. The minimum atomic E-state index is 0.517. The second-order valence-electron chi connectivity index (χ2n) is 2.48. The fourth-order valence-electron chi connectivity index (χ4n) is 1.36. The van der Waals surface area contributed by atoms with Gasteiger partial charge >= 0.3 is 0 Å². The van der Waals surface area contributed by atoms with Crippen molar-refractivity contribution in [1.82, 2.24) is 5.32 Å². The van der Waals surface area contributed by atoms with Gasteiger partial charge in [-0.1, -0.05) is 0 Å². The van der Waals surface area contributed by atoms with E-state index in [-0.39, 0.29) is 0 Å². The van der Waals surface area contributed by atoms with Crippen LogP contribution in [0.25, 0.3) is 0 Å². The number of fused-ring (bicyclic) bond motifs is 1. The lowest BCUT2D eigenvalue weighted by molar-refractivity contribution is 0.0761. The van der Waals surface area contributed by atoms with Crippen LogP contribution in [-0.2, 0) is 4.74 Å². The molecule has 2 unspecified atom stereocenters. The molecule has 2 heterocycles. The summed E-state index contributed by atoms with van der Waals surface area (Å²) in [5.74, 6) is 1.18. The first-order chi connectivity index (χ1) is 4.47. The Morgan fingerprint density at radius 2 is 2.44 bits per heavy atom. The van der Waals surface area contributed by atoms with Crippen molar-refractivity contribution in [2.24, 2.45) is 0 Å². The van der Waals surface area contributed by atoms with Gasteiger partial charge in [0.05, 0.1) is 12.7 Å². The van der Waals surface area contributed by atoms with Crippen LogP contribution in [0.2, 0.25) is 0 Å². The van der Waals surface area contributed by atoms with E-state index in [1.807, 2.05) is 11.8 Å². The molecule has 52 valence electrons. The van der Waals surface area contributed by atoms with Crippen LogP contribution >= 0.6 is 11.8 Å². The Balaban J connectivity index is 1.97. The molecule has 0 aromatic carbocycles. The Bertz CT molecular complexity index is 97.2. The van der Waals surface area contributed by atoms with E-state index in [4.69, 9.17) is 4.74 Å². The molecule has 2 aliphatic rings. The molecule has 2 nitrogen and oxygen atoms in total. The number of nitrogens with one attached hydrogen (secondary N) is 1. The lowest BCUT2D eigenvalue weighted by atomic mass is 10.3. The molecule has 0 radical (unpaired) electrons. The normalized spacial score (nSPS) is 42.7. The van der Waals surface area contributed by atoms with E-state index in [2.05, 4.69) is 5.32 Å². The van der Waals surface area contributed by atoms with Gasteiger partial charge in [-0.15, -0.1) is 0 Å². The fourth-order valence-corrected chi connectivity index (χ4v) is 2.48. The Morgan fingerprint density at radius 1 is 1.44 bits per heavy atom.